The van der Waals surface area contributed by atoms with Crippen molar-refractivity contribution >= 4 is 0 Å². The molecule has 0 bridgehead atoms. The van der Waals surface area contributed by atoms with Gasteiger partial charge in [-0.05, 0) is 17.9 Å². The van der Waals surface area contributed by atoms with Crippen LogP contribution in [0, 0.1) is 5.92 Å². The van der Waals surface area contributed by atoms with Crippen molar-refractivity contribution in [3.8, 4) is 0 Å². The highest BCUT2D eigenvalue weighted by Crippen LogP contribution is 2.27. The third kappa shape index (κ3) is 3.88. The molecule has 18 heavy (non-hydrogen) atoms. The van der Waals surface area contributed by atoms with Gasteiger partial charge in [0, 0.05) is 5.70 Å². The maximum absolute atomic E-state index is 5.85. The first-order chi connectivity index (χ1) is 8.66. The Labute approximate surface area is 110 Å². The highest BCUT2D eigenvalue weighted by Gasteiger charge is 2.31. The zero-order valence-electron chi connectivity index (χ0n) is 11.4. The van der Waals surface area contributed by atoms with Gasteiger partial charge in [-0.2, -0.15) is 0 Å². The van der Waals surface area contributed by atoms with Gasteiger partial charge in [0.2, 0.25) is 0 Å². The summed E-state index contributed by atoms with van der Waals surface area (Å²) in [5.41, 5.74) is 2.49. The summed E-state index contributed by atoms with van der Waals surface area (Å²) in [4.78, 5) is 2.35. The van der Waals surface area contributed by atoms with Gasteiger partial charge in [-0.1, -0.05) is 50.8 Å². The molecule has 0 amide bonds. The molecule has 2 heteroatoms. The van der Waals surface area contributed by atoms with Crippen molar-refractivity contribution in [1.29, 1.82) is 0 Å². The average Bonchev–Trinajstić information content (AvgIpc) is 3.06. The van der Waals surface area contributed by atoms with Crippen LogP contribution in [-0.4, -0.2) is 24.1 Å². The molecule has 0 spiro atoms. The molecule has 1 fully saturated rings. The molecule has 1 aromatic rings. The number of rotatable bonds is 7. The normalized spacial score (nSPS) is 16.2. The topological polar surface area (TPSA) is 12.2 Å². The summed E-state index contributed by atoms with van der Waals surface area (Å²) in [5, 5.41) is 0. The Balaban J connectivity index is 1.77. The van der Waals surface area contributed by atoms with Gasteiger partial charge in [-0.15, -0.1) is 0 Å². The molecule has 0 saturated carbocycles. The Bertz CT molecular complexity index is 385. The minimum atomic E-state index is 0.501. The highest BCUT2D eigenvalue weighted by molar-refractivity contribution is 5.16. The summed E-state index contributed by atoms with van der Waals surface area (Å²) >= 11 is 0. The van der Waals surface area contributed by atoms with Crippen LogP contribution in [0.1, 0.15) is 25.8 Å². The molecular formula is C16H23NO. The van der Waals surface area contributed by atoms with Crippen LogP contribution in [0.2, 0.25) is 0 Å². The smallest absolute Gasteiger partial charge is 0.0717 e. The van der Waals surface area contributed by atoms with Crippen molar-refractivity contribution in [3.63, 3.8) is 0 Å². The lowest BCUT2D eigenvalue weighted by atomic mass is 10.0. The standard InChI is InChI=1S/C16H23NO/c1-13(2)9-16(17-10-14(17)3)12-18-11-15-7-5-4-6-8-15/h4-8,13,16H,3,9-12H2,1-2H3/t16-,17?/m1/s1. The number of hydrogen-bond acceptors (Lipinski definition) is 2. The Morgan fingerprint density at radius 1 is 1.28 bits per heavy atom. The highest BCUT2D eigenvalue weighted by atomic mass is 16.5. The maximum Gasteiger partial charge on any atom is 0.0717 e. The van der Waals surface area contributed by atoms with Gasteiger partial charge in [0.15, 0.2) is 0 Å². The van der Waals surface area contributed by atoms with Gasteiger partial charge >= 0.3 is 0 Å². The Kier molecular flexibility index (Phi) is 4.43. The number of nitrogens with zero attached hydrogens (tertiary/aromatic N) is 1. The molecule has 1 heterocycles. The number of hydrogen-bond donors (Lipinski definition) is 0. The summed E-state index contributed by atoms with van der Waals surface area (Å²) in [5.74, 6) is 0.698. The Hall–Kier alpha value is -1.28. The molecule has 1 aromatic carbocycles. The second-order valence-corrected chi connectivity index (χ2v) is 5.48. The van der Waals surface area contributed by atoms with Gasteiger partial charge < -0.3 is 9.64 Å². The summed E-state index contributed by atoms with van der Waals surface area (Å²) in [7, 11) is 0. The molecule has 0 N–H and O–H groups in total. The van der Waals surface area contributed by atoms with E-state index in [1.165, 1.54) is 17.7 Å². The van der Waals surface area contributed by atoms with E-state index < -0.39 is 0 Å². The molecule has 2 nitrogen and oxygen atoms in total. The monoisotopic (exact) mass is 245 g/mol. The molecule has 2 rings (SSSR count). The number of benzene rings is 1. The van der Waals surface area contributed by atoms with Gasteiger partial charge in [-0.25, -0.2) is 0 Å². The largest absolute Gasteiger partial charge is 0.375 e. The summed E-state index contributed by atoms with van der Waals surface area (Å²) in [6.07, 6.45) is 1.17. The first-order valence-electron chi connectivity index (χ1n) is 6.73. The zero-order valence-corrected chi connectivity index (χ0v) is 11.4. The second kappa shape index (κ2) is 6.05. The lowest BCUT2D eigenvalue weighted by Crippen LogP contribution is -2.26. The van der Waals surface area contributed by atoms with Crippen molar-refractivity contribution in [1.82, 2.24) is 4.90 Å². The summed E-state index contributed by atoms with van der Waals surface area (Å²) < 4.78 is 5.85. The molecule has 1 saturated heterocycles. The van der Waals surface area contributed by atoms with Crippen LogP contribution in [0.3, 0.4) is 0 Å². The third-order valence-electron chi connectivity index (χ3n) is 3.26. The second-order valence-electron chi connectivity index (χ2n) is 5.48. The third-order valence-corrected chi connectivity index (χ3v) is 3.26. The van der Waals surface area contributed by atoms with Crippen LogP contribution in [0.4, 0.5) is 0 Å². The van der Waals surface area contributed by atoms with E-state index in [4.69, 9.17) is 4.74 Å². The van der Waals surface area contributed by atoms with Gasteiger partial charge in [0.1, 0.15) is 0 Å². The minimum Gasteiger partial charge on any atom is -0.375 e. The van der Waals surface area contributed by atoms with Crippen molar-refractivity contribution in [2.45, 2.75) is 32.9 Å². The fraction of sp³-hybridized carbons (Fsp3) is 0.500. The van der Waals surface area contributed by atoms with Crippen molar-refractivity contribution < 1.29 is 4.74 Å². The molecule has 0 aromatic heterocycles. The molecular weight excluding hydrogens is 222 g/mol. The summed E-state index contributed by atoms with van der Waals surface area (Å²) in [6, 6.07) is 10.8. The lowest BCUT2D eigenvalue weighted by molar-refractivity contribution is 0.0782. The fourth-order valence-corrected chi connectivity index (χ4v) is 2.27. The molecule has 98 valence electrons. The van der Waals surface area contributed by atoms with Crippen LogP contribution in [0.25, 0.3) is 0 Å². The van der Waals surface area contributed by atoms with Crippen molar-refractivity contribution in [3.05, 3.63) is 48.2 Å². The van der Waals surface area contributed by atoms with Crippen molar-refractivity contribution in [2.24, 2.45) is 5.92 Å². The molecule has 0 aliphatic carbocycles. The SMILES string of the molecule is C=C1CN1[C@@H](COCc1ccccc1)CC(C)C. The van der Waals surface area contributed by atoms with E-state index in [-0.39, 0.29) is 0 Å². The van der Waals surface area contributed by atoms with E-state index in [2.05, 4.69) is 49.6 Å². The maximum atomic E-state index is 5.85. The van der Waals surface area contributed by atoms with Crippen LogP contribution in [-0.2, 0) is 11.3 Å². The van der Waals surface area contributed by atoms with E-state index in [0.29, 0.717) is 18.6 Å². The van der Waals surface area contributed by atoms with E-state index in [0.717, 1.165) is 13.2 Å². The van der Waals surface area contributed by atoms with E-state index >= 15 is 0 Å². The van der Waals surface area contributed by atoms with E-state index in [1.54, 1.807) is 0 Å². The minimum absolute atomic E-state index is 0.501. The first-order valence-corrected chi connectivity index (χ1v) is 6.73. The predicted molar refractivity (Wildman–Crippen MR) is 75.2 cm³/mol. The van der Waals surface area contributed by atoms with Crippen LogP contribution in [0.15, 0.2) is 42.6 Å². The van der Waals surface area contributed by atoms with E-state index in [9.17, 15) is 0 Å². The molecule has 1 aliphatic rings. The van der Waals surface area contributed by atoms with Gasteiger partial charge in [0.25, 0.3) is 0 Å². The quantitative estimate of drug-likeness (QED) is 0.682. The molecule has 1 atom stereocenters. The van der Waals surface area contributed by atoms with Gasteiger partial charge in [0.05, 0.1) is 25.8 Å². The molecule has 0 unspecified atom stereocenters. The first kappa shape index (κ1) is 13.2. The zero-order chi connectivity index (χ0) is 13.0. The van der Waals surface area contributed by atoms with Crippen LogP contribution >= 0.6 is 0 Å². The van der Waals surface area contributed by atoms with E-state index in [1.807, 2.05) is 6.07 Å². The summed E-state index contributed by atoms with van der Waals surface area (Å²) in [6.45, 7) is 11.1. The fourth-order valence-electron chi connectivity index (χ4n) is 2.27. The van der Waals surface area contributed by atoms with Crippen LogP contribution in [0.5, 0.6) is 0 Å². The molecule has 0 radical (unpaired) electrons. The van der Waals surface area contributed by atoms with Crippen LogP contribution < -0.4 is 0 Å². The number of ether oxygens (including phenoxy) is 1. The molecule has 1 aliphatic heterocycles. The Morgan fingerprint density at radius 2 is 1.94 bits per heavy atom. The van der Waals surface area contributed by atoms with Crippen molar-refractivity contribution in [2.75, 3.05) is 13.2 Å². The Morgan fingerprint density at radius 3 is 2.50 bits per heavy atom. The lowest BCUT2D eigenvalue weighted by Gasteiger charge is -2.21. The average molecular weight is 245 g/mol. The van der Waals surface area contributed by atoms with Gasteiger partial charge in [-0.3, -0.25) is 0 Å². The predicted octanol–water partition coefficient (Wildman–Crippen LogP) is 3.45.